The molecule has 0 heterocycles. The number of hydrogen-bond acceptors (Lipinski definition) is 2. The monoisotopic (exact) mass is 287 g/mol. The number of rotatable bonds is 4. The largest absolute Gasteiger partial charge is 0.522 e. The summed E-state index contributed by atoms with van der Waals surface area (Å²) in [5, 5.41) is 3.61. The van der Waals surface area contributed by atoms with E-state index in [-0.39, 0.29) is 6.54 Å². The Morgan fingerprint density at radius 2 is 1.88 bits per heavy atom. The van der Waals surface area contributed by atoms with E-state index in [1.54, 1.807) is 19.1 Å². The maximum absolute atomic E-state index is 11.7. The highest BCUT2D eigenvalue weighted by Gasteiger charge is 2.28. The first-order valence-electron chi connectivity index (χ1n) is 4.70. The van der Waals surface area contributed by atoms with Crippen LogP contribution < -0.4 is 5.32 Å². The van der Waals surface area contributed by atoms with Gasteiger partial charge in [0.15, 0.2) is 0 Å². The maximum Gasteiger partial charge on any atom is 0.522 e. The molecule has 1 aromatic rings. The summed E-state index contributed by atoms with van der Waals surface area (Å²) in [6.45, 7) is 1.27. The van der Waals surface area contributed by atoms with Crippen LogP contribution in [0.5, 0.6) is 0 Å². The number of aryl methyl sites for hydroxylation is 1. The molecule has 96 valence electrons. The average molecular weight is 288 g/mol. The molecule has 1 N–H and O–H groups in total. The Kier molecular flexibility index (Phi) is 4.91. The Bertz CT molecular complexity index is 396. The maximum atomic E-state index is 11.7. The van der Waals surface area contributed by atoms with Crippen molar-refractivity contribution in [3.8, 4) is 0 Å². The van der Waals surface area contributed by atoms with Crippen molar-refractivity contribution >= 4 is 28.9 Å². The molecule has 17 heavy (non-hydrogen) atoms. The molecule has 0 bridgehead atoms. The molecule has 0 atom stereocenters. The summed E-state index contributed by atoms with van der Waals surface area (Å²) in [7, 11) is 0. The molecule has 1 aromatic carbocycles. The molecule has 0 aliphatic carbocycles. The smallest absolute Gasteiger partial charge is 0.381 e. The lowest BCUT2D eigenvalue weighted by molar-refractivity contribution is -0.322. The molecular formula is C10H10Cl2F3NO. The first kappa shape index (κ1) is 14.4. The van der Waals surface area contributed by atoms with Gasteiger partial charge < -0.3 is 5.32 Å². The van der Waals surface area contributed by atoms with Crippen molar-refractivity contribution in [3.05, 3.63) is 27.7 Å². The first-order chi connectivity index (χ1) is 7.79. The topological polar surface area (TPSA) is 21.3 Å². The average Bonchev–Trinajstić information content (AvgIpc) is 2.18. The normalized spacial score (nSPS) is 11.6. The van der Waals surface area contributed by atoms with Crippen molar-refractivity contribution in [1.82, 2.24) is 0 Å². The zero-order chi connectivity index (χ0) is 13.1. The summed E-state index contributed by atoms with van der Waals surface area (Å²) in [4.78, 5) is 0. The highest BCUT2D eigenvalue weighted by molar-refractivity contribution is 6.35. The number of hydrogen-bond donors (Lipinski definition) is 1. The molecule has 0 aromatic heterocycles. The number of nitrogens with one attached hydrogen (secondary N) is 1. The lowest BCUT2D eigenvalue weighted by Gasteiger charge is -2.11. The zero-order valence-corrected chi connectivity index (χ0v) is 10.4. The molecule has 0 aliphatic rings. The van der Waals surface area contributed by atoms with Gasteiger partial charge in [0.1, 0.15) is 0 Å². The molecule has 0 spiro atoms. The minimum atomic E-state index is -4.61. The van der Waals surface area contributed by atoms with E-state index in [0.29, 0.717) is 15.7 Å². The number of anilines is 1. The van der Waals surface area contributed by atoms with Crippen molar-refractivity contribution in [1.29, 1.82) is 0 Å². The summed E-state index contributed by atoms with van der Waals surface area (Å²) in [6, 6.07) is 3.20. The van der Waals surface area contributed by atoms with E-state index in [9.17, 15) is 13.2 Å². The summed E-state index contributed by atoms with van der Waals surface area (Å²) in [5.41, 5.74) is 1.28. The Morgan fingerprint density at radius 1 is 1.24 bits per heavy atom. The van der Waals surface area contributed by atoms with Crippen LogP contribution in [0.3, 0.4) is 0 Å². The van der Waals surface area contributed by atoms with Crippen LogP contribution >= 0.6 is 23.2 Å². The van der Waals surface area contributed by atoms with E-state index in [4.69, 9.17) is 23.2 Å². The minimum absolute atomic E-state index is 0.0153. The van der Waals surface area contributed by atoms with Crippen LogP contribution in [0.4, 0.5) is 18.9 Å². The van der Waals surface area contributed by atoms with E-state index in [2.05, 4.69) is 10.1 Å². The van der Waals surface area contributed by atoms with Gasteiger partial charge in [-0.3, -0.25) is 4.74 Å². The van der Waals surface area contributed by atoms with Crippen LogP contribution in [-0.4, -0.2) is 19.5 Å². The Hall–Kier alpha value is -0.650. The van der Waals surface area contributed by atoms with Crippen LogP contribution in [0.2, 0.25) is 10.0 Å². The van der Waals surface area contributed by atoms with Crippen molar-refractivity contribution < 1.29 is 17.9 Å². The molecule has 0 fully saturated rings. The van der Waals surface area contributed by atoms with Gasteiger partial charge in [-0.1, -0.05) is 23.2 Å². The molecule has 0 radical (unpaired) electrons. The number of alkyl halides is 3. The second kappa shape index (κ2) is 5.80. The van der Waals surface area contributed by atoms with Crippen LogP contribution in [0, 0.1) is 6.92 Å². The fourth-order valence-electron chi connectivity index (χ4n) is 1.13. The Labute approximate surface area is 107 Å². The number of ether oxygens (including phenoxy) is 1. The fourth-order valence-corrected chi connectivity index (χ4v) is 1.58. The van der Waals surface area contributed by atoms with Crippen molar-refractivity contribution in [3.63, 3.8) is 0 Å². The molecular weight excluding hydrogens is 278 g/mol. The summed E-state index contributed by atoms with van der Waals surface area (Å²) >= 11 is 11.7. The van der Waals surface area contributed by atoms with E-state index < -0.39 is 13.0 Å². The molecule has 0 saturated heterocycles. The van der Waals surface area contributed by atoms with Gasteiger partial charge in [0.05, 0.1) is 17.3 Å². The zero-order valence-electron chi connectivity index (χ0n) is 8.87. The minimum Gasteiger partial charge on any atom is -0.381 e. The number of benzene rings is 1. The Morgan fingerprint density at radius 3 is 2.47 bits per heavy atom. The third-order valence-corrected chi connectivity index (χ3v) is 2.65. The van der Waals surface area contributed by atoms with Crippen molar-refractivity contribution in [2.24, 2.45) is 0 Å². The van der Waals surface area contributed by atoms with Crippen LogP contribution in [0.25, 0.3) is 0 Å². The first-order valence-corrected chi connectivity index (χ1v) is 5.45. The third-order valence-electron chi connectivity index (χ3n) is 1.93. The van der Waals surface area contributed by atoms with Gasteiger partial charge >= 0.3 is 6.36 Å². The standard InChI is InChI=1S/C10H10Cl2F3NO/c1-6-4-8(12)9(5-7(6)11)16-2-3-17-10(13,14)15/h4-5,16H,2-3H2,1H3. The van der Waals surface area contributed by atoms with E-state index in [1.807, 2.05) is 0 Å². The van der Waals surface area contributed by atoms with Gasteiger partial charge in [-0.2, -0.15) is 0 Å². The number of halogens is 5. The van der Waals surface area contributed by atoms with Gasteiger partial charge in [0.2, 0.25) is 0 Å². The highest BCUT2D eigenvalue weighted by atomic mass is 35.5. The van der Waals surface area contributed by atoms with Crippen LogP contribution in [0.1, 0.15) is 5.56 Å². The fraction of sp³-hybridized carbons (Fsp3) is 0.400. The van der Waals surface area contributed by atoms with Crippen molar-refractivity contribution in [2.45, 2.75) is 13.3 Å². The predicted molar refractivity (Wildman–Crippen MR) is 61.7 cm³/mol. The van der Waals surface area contributed by atoms with E-state index in [0.717, 1.165) is 5.56 Å². The summed E-state index contributed by atoms with van der Waals surface area (Å²) in [5.74, 6) is 0. The molecule has 0 unspecified atom stereocenters. The molecule has 0 aliphatic heterocycles. The Balaban J connectivity index is 2.50. The SMILES string of the molecule is Cc1cc(Cl)c(NCCOC(F)(F)F)cc1Cl. The molecule has 2 nitrogen and oxygen atoms in total. The second-order valence-corrected chi connectivity index (χ2v) is 4.12. The molecule has 1 rings (SSSR count). The summed E-state index contributed by atoms with van der Waals surface area (Å²) < 4.78 is 38.6. The van der Waals surface area contributed by atoms with Gasteiger partial charge in [-0.05, 0) is 24.6 Å². The quantitative estimate of drug-likeness (QED) is 0.836. The van der Waals surface area contributed by atoms with Crippen LogP contribution in [-0.2, 0) is 4.74 Å². The molecule has 0 saturated carbocycles. The van der Waals surface area contributed by atoms with Gasteiger partial charge in [-0.15, -0.1) is 13.2 Å². The molecule has 0 amide bonds. The van der Waals surface area contributed by atoms with Gasteiger partial charge in [-0.25, -0.2) is 0 Å². The third kappa shape index (κ3) is 5.02. The van der Waals surface area contributed by atoms with E-state index in [1.165, 1.54) is 0 Å². The second-order valence-electron chi connectivity index (χ2n) is 3.30. The van der Waals surface area contributed by atoms with Gasteiger partial charge in [0.25, 0.3) is 0 Å². The van der Waals surface area contributed by atoms with Crippen LogP contribution in [0.15, 0.2) is 12.1 Å². The van der Waals surface area contributed by atoms with Crippen molar-refractivity contribution in [2.75, 3.05) is 18.5 Å². The van der Waals surface area contributed by atoms with Gasteiger partial charge in [0, 0.05) is 11.6 Å². The predicted octanol–water partition coefficient (Wildman–Crippen LogP) is 4.25. The highest BCUT2D eigenvalue weighted by Crippen LogP contribution is 2.28. The molecule has 7 heteroatoms. The lowest BCUT2D eigenvalue weighted by Crippen LogP contribution is -2.19. The lowest BCUT2D eigenvalue weighted by atomic mass is 10.2. The van der Waals surface area contributed by atoms with E-state index >= 15 is 0 Å². The summed E-state index contributed by atoms with van der Waals surface area (Å²) in [6.07, 6.45) is -4.61.